The molecule has 1 saturated carbocycles. The molecule has 0 bridgehead atoms. The Hall–Kier alpha value is -1.37. The van der Waals surface area contributed by atoms with Crippen molar-refractivity contribution in [3.63, 3.8) is 0 Å². The molecule has 3 heteroatoms. The maximum Gasteiger partial charge on any atom is 0.146 e. The SMILES string of the molecule is O=P(c1ccccc1)(c1ccccc1)[C@@H]1CCC[C@@H]1CO. The highest BCUT2D eigenvalue weighted by atomic mass is 31.2. The molecule has 2 nitrogen and oxygen atoms in total. The van der Waals surface area contributed by atoms with Crippen LogP contribution >= 0.6 is 7.14 Å². The van der Waals surface area contributed by atoms with E-state index in [0.717, 1.165) is 29.9 Å². The Bertz CT molecular complexity index is 581. The minimum atomic E-state index is -2.70. The lowest BCUT2D eigenvalue weighted by molar-refractivity contribution is 0.231. The van der Waals surface area contributed by atoms with Crippen LogP contribution in [0.25, 0.3) is 0 Å². The van der Waals surface area contributed by atoms with Crippen molar-refractivity contribution in [2.75, 3.05) is 6.61 Å². The van der Waals surface area contributed by atoms with E-state index < -0.39 is 7.14 Å². The van der Waals surface area contributed by atoms with Crippen molar-refractivity contribution >= 4 is 17.8 Å². The summed E-state index contributed by atoms with van der Waals surface area (Å²) in [5, 5.41) is 11.5. The van der Waals surface area contributed by atoms with Crippen LogP contribution in [-0.2, 0) is 4.57 Å². The van der Waals surface area contributed by atoms with Crippen molar-refractivity contribution in [1.82, 2.24) is 0 Å². The van der Waals surface area contributed by atoms with Crippen LogP contribution < -0.4 is 10.6 Å². The molecule has 1 aliphatic carbocycles. The second-order valence-corrected chi connectivity index (χ2v) is 8.78. The first kappa shape index (κ1) is 14.6. The van der Waals surface area contributed by atoms with Crippen LogP contribution in [0.2, 0.25) is 0 Å². The Morgan fingerprint density at radius 1 is 0.905 bits per heavy atom. The molecular weight excluding hydrogens is 279 g/mol. The van der Waals surface area contributed by atoms with Gasteiger partial charge in [-0.05, 0) is 18.8 Å². The summed E-state index contributed by atoms with van der Waals surface area (Å²) < 4.78 is 14.1. The average molecular weight is 300 g/mol. The summed E-state index contributed by atoms with van der Waals surface area (Å²) in [6.07, 6.45) is 2.97. The van der Waals surface area contributed by atoms with Gasteiger partial charge in [-0.3, -0.25) is 0 Å². The standard InChI is InChI=1S/C18H21O2P/c19-14-15-8-7-13-18(15)21(20,16-9-3-1-4-10-16)17-11-5-2-6-12-17/h1-6,9-12,15,18-19H,7-8,13-14H2/t15-,18-/m1/s1. The van der Waals surface area contributed by atoms with Crippen molar-refractivity contribution in [2.24, 2.45) is 5.92 Å². The first-order valence-corrected chi connectivity index (χ1v) is 9.36. The van der Waals surface area contributed by atoms with Crippen LogP contribution in [0, 0.1) is 5.92 Å². The monoisotopic (exact) mass is 300 g/mol. The highest BCUT2D eigenvalue weighted by Gasteiger charge is 2.43. The third-order valence-electron chi connectivity index (χ3n) is 4.60. The van der Waals surface area contributed by atoms with E-state index in [-0.39, 0.29) is 18.2 Å². The number of hydrogen-bond donors (Lipinski definition) is 1. The molecular formula is C18H21O2P. The largest absolute Gasteiger partial charge is 0.396 e. The van der Waals surface area contributed by atoms with E-state index in [9.17, 15) is 9.67 Å². The van der Waals surface area contributed by atoms with Crippen LogP contribution in [0.5, 0.6) is 0 Å². The maximum absolute atomic E-state index is 14.1. The van der Waals surface area contributed by atoms with Gasteiger partial charge in [-0.15, -0.1) is 0 Å². The molecule has 0 heterocycles. The molecule has 0 radical (unpaired) electrons. The first-order valence-electron chi connectivity index (χ1n) is 7.58. The van der Waals surface area contributed by atoms with Gasteiger partial charge in [0, 0.05) is 22.9 Å². The molecule has 2 aromatic rings. The minimum Gasteiger partial charge on any atom is -0.396 e. The van der Waals surface area contributed by atoms with E-state index in [2.05, 4.69) is 0 Å². The van der Waals surface area contributed by atoms with E-state index in [0.29, 0.717) is 0 Å². The molecule has 2 aromatic carbocycles. The van der Waals surface area contributed by atoms with Gasteiger partial charge in [-0.1, -0.05) is 67.1 Å². The zero-order valence-electron chi connectivity index (χ0n) is 12.1. The van der Waals surface area contributed by atoms with Crippen molar-refractivity contribution in [3.05, 3.63) is 60.7 Å². The number of aliphatic hydroxyl groups is 1. The Morgan fingerprint density at radius 2 is 1.43 bits per heavy atom. The Balaban J connectivity index is 2.14. The van der Waals surface area contributed by atoms with Crippen LogP contribution in [0.1, 0.15) is 19.3 Å². The third-order valence-corrected chi connectivity index (χ3v) is 8.34. The molecule has 1 N–H and O–H groups in total. The molecule has 2 atom stereocenters. The van der Waals surface area contributed by atoms with Crippen molar-refractivity contribution < 1.29 is 9.67 Å². The maximum atomic E-state index is 14.1. The molecule has 3 rings (SSSR count). The summed E-state index contributed by atoms with van der Waals surface area (Å²) in [4.78, 5) is 0. The molecule has 0 saturated heterocycles. The van der Waals surface area contributed by atoms with Gasteiger partial charge in [0.2, 0.25) is 0 Å². The predicted molar refractivity (Wildman–Crippen MR) is 88.0 cm³/mol. The van der Waals surface area contributed by atoms with E-state index in [1.165, 1.54) is 0 Å². The van der Waals surface area contributed by atoms with Crippen molar-refractivity contribution in [1.29, 1.82) is 0 Å². The molecule has 110 valence electrons. The number of benzene rings is 2. The summed E-state index contributed by atoms with van der Waals surface area (Å²) in [6, 6.07) is 19.6. The van der Waals surface area contributed by atoms with Gasteiger partial charge in [-0.2, -0.15) is 0 Å². The van der Waals surface area contributed by atoms with Gasteiger partial charge < -0.3 is 9.67 Å². The normalized spacial score (nSPS) is 22.3. The van der Waals surface area contributed by atoms with Crippen molar-refractivity contribution in [3.8, 4) is 0 Å². The lowest BCUT2D eigenvalue weighted by Crippen LogP contribution is -2.29. The quantitative estimate of drug-likeness (QED) is 0.881. The van der Waals surface area contributed by atoms with E-state index in [4.69, 9.17) is 0 Å². The van der Waals surface area contributed by atoms with Gasteiger partial charge in [0.25, 0.3) is 0 Å². The second-order valence-electron chi connectivity index (χ2n) is 5.77. The molecule has 1 fully saturated rings. The molecule has 0 aliphatic heterocycles. The molecule has 0 spiro atoms. The smallest absolute Gasteiger partial charge is 0.146 e. The van der Waals surface area contributed by atoms with Crippen molar-refractivity contribution in [2.45, 2.75) is 24.9 Å². The van der Waals surface area contributed by atoms with E-state index in [1.807, 2.05) is 60.7 Å². The number of rotatable bonds is 4. The fraction of sp³-hybridized carbons (Fsp3) is 0.333. The lowest BCUT2D eigenvalue weighted by Gasteiger charge is -2.29. The molecule has 21 heavy (non-hydrogen) atoms. The van der Waals surface area contributed by atoms with Gasteiger partial charge in [0.15, 0.2) is 0 Å². The topological polar surface area (TPSA) is 37.3 Å². The summed E-state index contributed by atoms with van der Waals surface area (Å²) >= 11 is 0. The van der Waals surface area contributed by atoms with Crippen LogP contribution in [0.4, 0.5) is 0 Å². The summed E-state index contributed by atoms with van der Waals surface area (Å²) in [5.74, 6) is 0.149. The highest BCUT2D eigenvalue weighted by Crippen LogP contribution is 2.56. The third kappa shape index (κ3) is 2.59. The van der Waals surface area contributed by atoms with Gasteiger partial charge >= 0.3 is 0 Å². The molecule has 0 amide bonds. The minimum absolute atomic E-state index is 0.0623. The van der Waals surface area contributed by atoms with Gasteiger partial charge in [0.1, 0.15) is 7.14 Å². The van der Waals surface area contributed by atoms with Crippen LogP contribution in [0.3, 0.4) is 0 Å². The Labute approximate surface area is 126 Å². The zero-order valence-corrected chi connectivity index (χ0v) is 13.0. The number of hydrogen-bond acceptors (Lipinski definition) is 2. The number of aliphatic hydroxyl groups excluding tert-OH is 1. The van der Waals surface area contributed by atoms with E-state index in [1.54, 1.807) is 0 Å². The zero-order chi connectivity index (χ0) is 14.7. The molecule has 1 aliphatic rings. The fourth-order valence-corrected chi connectivity index (χ4v) is 7.22. The molecule has 0 unspecified atom stereocenters. The predicted octanol–water partition coefficient (Wildman–Crippen LogP) is 3.16. The summed E-state index contributed by atoms with van der Waals surface area (Å²) in [5.41, 5.74) is 0.0623. The van der Waals surface area contributed by atoms with Crippen LogP contribution in [-0.4, -0.2) is 17.4 Å². The lowest BCUT2D eigenvalue weighted by atomic mass is 10.1. The van der Waals surface area contributed by atoms with Gasteiger partial charge in [0.05, 0.1) is 0 Å². The van der Waals surface area contributed by atoms with Gasteiger partial charge in [-0.25, -0.2) is 0 Å². The fourth-order valence-electron chi connectivity index (χ4n) is 3.54. The second kappa shape index (κ2) is 6.17. The summed E-state index contributed by atoms with van der Waals surface area (Å²) in [7, 11) is -2.70. The highest BCUT2D eigenvalue weighted by molar-refractivity contribution is 7.79. The first-order chi connectivity index (χ1) is 10.3. The Morgan fingerprint density at radius 3 is 1.90 bits per heavy atom. The Kier molecular flexibility index (Phi) is 4.28. The van der Waals surface area contributed by atoms with Crippen LogP contribution in [0.15, 0.2) is 60.7 Å². The van der Waals surface area contributed by atoms with E-state index >= 15 is 0 Å². The summed E-state index contributed by atoms with van der Waals surface area (Å²) in [6.45, 7) is 0.133. The molecule has 0 aromatic heterocycles. The average Bonchev–Trinajstić information content (AvgIpc) is 3.05.